The van der Waals surface area contributed by atoms with Crippen LogP contribution >= 0.6 is 27.5 Å². The van der Waals surface area contributed by atoms with Crippen molar-refractivity contribution in [1.29, 1.82) is 0 Å². The van der Waals surface area contributed by atoms with Crippen LogP contribution in [0, 0.1) is 5.92 Å². The molecule has 1 unspecified atom stereocenters. The average molecular weight is 329 g/mol. The molecule has 1 amide bonds. The van der Waals surface area contributed by atoms with E-state index >= 15 is 0 Å². The second-order valence-corrected chi connectivity index (χ2v) is 5.37. The number of ketones is 1. The Labute approximate surface area is 119 Å². The molecule has 0 saturated carbocycles. The Morgan fingerprint density at radius 2 is 2.28 bits per heavy atom. The summed E-state index contributed by atoms with van der Waals surface area (Å²) in [5.41, 5.74) is 0.385. The molecule has 1 aromatic rings. The molecule has 94 valence electrons. The van der Waals surface area contributed by atoms with Gasteiger partial charge in [0.05, 0.1) is 5.02 Å². The van der Waals surface area contributed by atoms with Crippen molar-refractivity contribution in [3.63, 3.8) is 0 Å². The van der Waals surface area contributed by atoms with E-state index in [0.29, 0.717) is 23.6 Å². The number of likely N-dealkylation sites (tertiary alicyclic amines) is 1. The molecule has 1 saturated heterocycles. The van der Waals surface area contributed by atoms with Crippen LogP contribution in [0.2, 0.25) is 5.02 Å². The predicted octanol–water partition coefficient (Wildman–Crippen LogP) is 3.28. The van der Waals surface area contributed by atoms with E-state index in [0.717, 1.165) is 4.47 Å². The van der Waals surface area contributed by atoms with Crippen LogP contribution in [0.5, 0.6) is 0 Å². The molecule has 0 aromatic heterocycles. The van der Waals surface area contributed by atoms with Gasteiger partial charge in [-0.25, -0.2) is 0 Å². The maximum absolute atomic E-state index is 12.3. The Hall–Kier alpha value is -1.13. The first-order valence-electron chi connectivity index (χ1n) is 5.47. The third-order valence-corrected chi connectivity index (χ3v) is 3.79. The molecule has 0 radical (unpaired) electrons. The molecule has 0 aliphatic carbocycles. The highest BCUT2D eigenvalue weighted by Crippen LogP contribution is 2.28. The van der Waals surface area contributed by atoms with Gasteiger partial charge in [-0.2, -0.15) is 0 Å². The van der Waals surface area contributed by atoms with Gasteiger partial charge >= 0.3 is 0 Å². The van der Waals surface area contributed by atoms with Gasteiger partial charge in [0.25, 0.3) is 0 Å². The minimum Gasteiger partial charge on any atom is -0.319 e. The van der Waals surface area contributed by atoms with Crippen LogP contribution in [0.4, 0.5) is 0 Å². The van der Waals surface area contributed by atoms with Crippen LogP contribution < -0.4 is 0 Å². The molecule has 1 fully saturated rings. The first-order chi connectivity index (χ1) is 8.54. The van der Waals surface area contributed by atoms with E-state index in [-0.39, 0.29) is 11.7 Å². The lowest BCUT2D eigenvalue weighted by atomic mass is 9.96. The maximum Gasteiger partial charge on any atom is 0.237 e. The zero-order chi connectivity index (χ0) is 13.3. The summed E-state index contributed by atoms with van der Waals surface area (Å²) < 4.78 is 0.765. The monoisotopic (exact) mass is 327 g/mol. The molecular weight excluding hydrogens is 318 g/mol. The first kappa shape index (κ1) is 13.3. The second kappa shape index (κ2) is 5.24. The predicted molar refractivity (Wildman–Crippen MR) is 73.5 cm³/mol. The van der Waals surface area contributed by atoms with Gasteiger partial charge in [-0.1, -0.05) is 34.1 Å². The smallest absolute Gasteiger partial charge is 0.237 e. The summed E-state index contributed by atoms with van der Waals surface area (Å²) in [6.45, 7) is 4.08. The third kappa shape index (κ3) is 2.35. The highest BCUT2D eigenvalue weighted by atomic mass is 79.9. The summed E-state index contributed by atoms with van der Waals surface area (Å²) in [4.78, 5) is 25.7. The van der Waals surface area contributed by atoms with Gasteiger partial charge in [-0.05, 0) is 30.8 Å². The van der Waals surface area contributed by atoms with Crippen molar-refractivity contribution < 1.29 is 9.59 Å². The molecule has 1 aliphatic rings. The van der Waals surface area contributed by atoms with Crippen molar-refractivity contribution >= 4 is 39.2 Å². The quantitative estimate of drug-likeness (QED) is 0.631. The zero-order valence-electron chi connectivity index (χ0n) is 9.53. The van der Waals surface area contributed by atoms with E-state index < -0.39 is 5.92 Å². The summed E-state index contributed by atoms with van der Waals surface area (Å²) in [5, 5.41) is 0.369. The van der Waals surface area contributed by atoms with E-state index in [9.17, 15) is 9.59 Å². The van der Waals surface area contributed by atoms with Crippen LogP contribution in [0.3, 0.4) is 0 Å². The Bertz CT molecular complexity index is 530. The van der Waals surface area contributed by atoms with E-state index in [4.69, 9.17) is 11.6 Å². The van der Waals surface area contributed by atoms with E-state index in [1.54, 1.807) is 18.2 Å². The Balaban J connectivity index is 2.30. The number of amides is 1. The Kier molecular flexibility index (Phi) is 3.88. The van der Waals surface area contributed by atoms with Crippen molar-refractivity contribution in [2.24, 2.45) is 5.92 Å². The molecule has 5 heteroatoms. The topological polar surface area (TPSA) is 37.4 Å². The van der Waals surface area contributed by atoms with Crippen LogP contribution in [-0.2, 0) is 4.79 Å². The molecule has 3 nitrogen and oxygen atoms in total. The molecule has 1 atom stereocenters. The zero-order valence-corrected chi connectivity index (χ0v) is 11.9. The van der Waals surface area contributed by atoms with Gasteiger partial charge in [0.1, 0.15) is 5.92 Å². The van der Waals surface area contributed by atoms with Gasteiger partial charge in [0, 0.05) is 16.6 Å². The normalized spacial score (nSPS) is 19.1. The summed E-state index contributed by atoms with van der Waals surface area (Å²) >= 11 is 9.29. The van der Waals surface area contributed by atoms with Crippen molar-refractivity contribution in [2.75, 3.05) is 6.54 Å². The number of hydrogen-bond donors (Lipinski definition) is 0. The van der Waals surface area contributed by atoms with Gasteiger partial charge in [0.15, 0.2) is 5.78 Å². The molecule has 1 aromatic carbocycles. The lowest BCUT2D eigenvalue weighted by Gasteiger charge is -2.11. The number of benzene rings is 1. The number of rotatable bonds is 3. The van der Waals surface area contributed by atoms with Crippen molar-refractivity contribution in [2.45, 2.75) is 6.42 Å². The van der Waals surface area contributed by atoms with Crippen LogP contribution in [0.25, 0.3) is 0 Å². The second-order valence-electron chi connectivity index (χ2n) is 4.04. The minimum atomic E-state index is -0.644. The first-order valence-corrected chi connectivity index (χ1v) is 6.64. The number of hydrogen-bond acceptors (Lipinski definition) is 2. The highest BCUT2D eigenvalue weighted by Gasteiger charge is 2.36. The lowest BCUT2D eigenvalue weighted by Crippen LogP contribution is -2.26. The summed E-state index contributed by atoms with van der Waals surface area (Å²) in [6, 6.07) is 5.05. The van der Waals surface area contributed by atoms with E-state index in [1.165, 1.54) is 11.1 Å². The summed E-state index contributed by atoms with van der Waals surface area (Å²) in [5.74, 6) is -1.07. The maximum atomic E-state index is 12.3. The van der Waals surface area contributed by atoms with Crippen molar-refractivity contribution in [3.8, 4) is 0 Å². The van der Waals surface area contributed by atoms with Gasteiger partial charge in [0.2, 0.25) is 5.91 Å². The Morgan fingerprint density at radius 1 is 1.56 bits per heavy atom. The van der Waals surface area contributed by atoms with Gasteiger partial charge in [-0.3, -0.25) is 9.59 Å². The highest BCUT2D eigenvalue weighted by molar-refractivity contribution is 9.10. The standard InChI is InChI=1S/C13H11BrClNO2/c1-2-16-6-5-9(13(16)18)12(17)10-7-8(14)3-4-11(10)15/h2-4,7,9H,1,5-6H2. The average Bonchev–Trinajstić information content (AvgIpc) is 2.72. The summed E-state index contributed by atoms with van der Waals surface area (Å²) in [6.07, 6.45) is 1.96. The van der Waals surface area contributed by atoms with Crippen molar-refractivity contribution in [3.05, 3.63) is 46.0 Å². The molecule has 1 aliphatic heterocycles. The number of carbonyl (C=O) groups excluding carboxylic acids is 2. The van der Waals surface area contributed by atoms with Crippen molar-refractivity contribution in [1.82, 2.24) is 4.90 Å². The largest absolute Gasteiger partial charge is 0.319 e. The molecule has 2 rings (SSSR count). The molecule has 1 heterocycles. The van der Waals surface area contributed by atoms with Gasteiger partial charge in [-0.15, -0.1) is 0 Å². The van der Waals surface area contributed by atoms with Crippen LogP contribution in [-0.4, -0.2) is 23.1 Å². The number of carbonyl (C=O) groups is 2. The van der Waals surface area contributed by atoms with Crippen LogP contribution in [0.15, 0.2) is 35.5 Å². The molecular formula is C13H11BrClNO2. The lowest BCUT2D eigenvalue weighted by molar-refractivity contribution is -0.127. The number of halogens is 2. The molecule has 0 bridgehead atoms. The third-order valence-electron chi connectivity index (χ3n) is 2.97. The SMILES string of the molecule is C=CN1CCC(C(=O)c2cc(Br)ccc2Cl)C1=O. The molecule has 18 heavy (non-hydrogen) atoms. The number of nitrogens with zero attached hydrogens (tertiary/aromatic N) is 1. The van der Waals surface area contributed by atoms with E-state index in [2.05, 4.69) is 22.5 Å². The molecule has 0 N–H and O–H groups in total. The van der Waals surface area contributed by atoms with E-state index in [1.807, 2.05) is 0 Å². The van der Waals surface area contributed by atoms with Crippen LogP contribution in [0.1, 0.15) is 16.8 Å². The fourth-order valence-electron chi connectivity index (χ4n) is 2.00. The number of Topliss-reactive ketones (excluding diaryl/α,β-unsaturated/α-hetero) is 1. The fraction of sp³-hybridized carbons (Fsp3) is 0.231. The summed E-state index contributed by atoms with van der Waals surface area (Å²) in [7, 11) is 0. The Morgan fingerprint density at radius 3 is 2.89 bits per heavy atom. The van der Waals surface area contributed by atoms with Gasteiger partial charge < -0.3 is 4.90 Å². The fourth-order valence-corrected chi connectivity index (χ4v) is 2.57. The molecule has 0 spiro atoms. The minimum absolute atomic E-state index is 0.203.